The van der Waals surface area contributed by atoms with E-state index in [2.05, 4.69) is 17.1 Å². The summed E-state index contributed by atoms with van der Waals surface area (Å²) in [6.45, 7) is 9.95. The van der Waals surface area contributed by atoms with Crippen molar-refractivity contribution in [2.75, 3.05) is 80.0 Å². The average Bonchev–Trinajstić information content (AvgIpc) is 3.06. The Morgan fingerprint density at radius 1 is 1.08 bits per heavy atom. The van der Waals surface area contributed by atoms with Crippen LogP contribution >= 0.6 is 24.0 Å². The fourth-order valence-electron chi connectivity index (χ4n) is 2.58. The second-order valence-corrected chi connectivity index (χ2v) is 5.86. The molecule has 0 radical (unpaired) electrons. The number of nitrogens with one attached hydrogen (secondary N) is 1. The highest BCUT2D eigenvalue weighted by molar-refractivity contribution is 14.0. The third-order valence-corrected chi connectivity index (χ3v) is 3.85. The van der Waals surface area contributed by atoms with Crippen molar-refractivity contribution in [3.63, 3.8) is 0 Å². The van der Waals surface area contributed by atoms with Crippen LogP contribution in [0.5, 0.6) is 0 Å². The number of hydrogen-bond donors (Lipinski definition) is 1. The minimum Gasteiger partial charge on any atom is -0.382 e. The van der Waals surface area contributed by atoms with Crippen LogP contribution in [-0.4, -0.2) is 90.9 Å². The third kappa shape index (κ3) is 12.0. The van der Waals surface area contributed by atoms with Crippen LogP contribution in [0, 0.1) is 5.92 Å². The number of nitrogens with zero attached hydrogens (tertiary/aromatic N) is 2. The van der Waals surface area contributed by atoms with Gasteiger partial charge in [0.05, 0.1) is 33.0 Å². The zero-order valence-corrected chi connectivity index (χ0v) is 18.3. The number of hydrogen-bond acceptors (Lipinski definition) is 5. The molecule has 0 aromatic rings. The first kappa shape index (κ1) is 24.8. The summed E-state index contributed by atoms with van der Waals surface area (Å²) in [4.78, 5) is 7.05. The monoisotopic (exact) mass is 473 g/mol. The van der Waals surface area contributed by atoms with Gasteiger partial charge in [-0.3, -0.25) is 4.99 Å². The van der Waals surface area contributed by atoms with E-state index in [1.165, 1.54) is 0 Å². The van der Waals surface area contributed by atoms with Gasteiger partial charge < -0.3 is 29.2 Å². The third-order valence-electron chi connectivity index (χ3n) is 3.85. The van der Waals surface area contributed by atoms with Gasteiger partial charge in [-0.15, -0.1) is 24.0 Å². The summed E-state index contributed by atoms with van der Waals surface area (Å²) in [7, 11) is 3.38. The minimum absolute atomic E-state index is 0. The Bertz CT molecular complexity index is 335. The largest absolute Gasteiger partial charge is 0.382 e. The van der Waals surface area contributed by atoms with Crippen LogP contribution in [0.1, 0.15) is 19.8 Å². The quantitative estimate of drug-likeness (QED) is 0.190. The standard InChI is InChI=1S/C17H35N3O4.HI/c1-4-18-17(19-7-5-9-23-12-10-21-2)20-8-6-16(14-20)15-24-13-11-22-3;/h16H,4-15H2,1-3H3,(H,18,19);1H. The molecule has 0 amide bonds. The maximum atomic E-state index is 5.65. The van der Waals surface area contributed by atoms with Crippen LogP contribution < -0.4 is 5.32 Å². The Morgan fingerprint density at radius 3 is 2.48 bits per heavy atom. The molecule has 1 atom stereocenters. The second-order valence-electron chi connectivity index (χ2n) is 5.86. The first-order valence-corrected chi connectivity index (χ1v) is 8.98. The number of aliphatic imine (C=N–C) groups is 1. The lowest BCUT2D eigenvalue weighted by atomic mass is 10.1. The zero-order chi connectivity index (χ0) is 17.5. The summed E-state index contributed by atoms with van der Waals surface area (Å²) in [6, 6.07) is 0. The minimum atomic E-state index is 0. The van der Waals surface area contributed by atoms with Crippen LogP contribution in [0.2, 0.25) is 0 Å². The normalized spacial score (nSPS) is 17.6. The Balaban J connectivity index is 0.00000576. The van der Waals surface area contributed by atoms with Crippen LogP contribution in [-0.2, 0) is 18.9 Å². The summed E-state index contributed by atoms with van der Waals surface area (Å²) in [5.41, 5.74) is 0. The molecule has 1 aliphatic heterocycles. The Kier molecular flexibility index (Phi) is 17.2. The topological polar surface area (TPSA) is 64.6 Å². The summed E-state index contributed by atoms with van der Waals surface area (Å²) in [5, 5.41) is 3.39. The molecule has 0 aromatic carbocycles. The number of rotatable bonds is 13. The average molecular weight is 473 g/mol. The molecule has 1 unspecified atom stereocenters. The van der Waals surface area contributed by atoms with Crippen molar-refractivity contribution in [2.45, 2.75) is 19.8 Å². The summed E-state index contributed by atoms with van der Waals surface area (Å²) >= 11 is 0. The lowest BCUT2D eigenvalue weighted by molar-refractivity contribution is 0.0536. The molecule has 0 saturated carbocycles. The number of ether oxygens (including phenoxy) is 4. The lowest BCUT2D eigenvalue weighted by Gasteiger charge is -2.21. The molecule has 1 heterocycles. The van der Waals surface area contributed by atoms with E-state index in [1.54, 1.807) is 14.2 Å². The number of halogens is 1. The van der Waals surface area contributed by atoms with Gasteiger partial charge in [0, 0.05) is 52.9 Å². The number of guanidine groups is 1. The van der Waals surface area contributed by atoms with Crippen molar-refractivity contribution in [3.8, 4) is 0 Å². The molecule has 0 bridgehead atoms. The molecule has 1 fully saturated rings. The molecule has 7 nitrogen and oxygen atoms in total. The Hall–Kier alpha value is -0.160. The smallest absolute Gasteiger partial charge is 0.193 e. The predicted molar refractivity (Wildman–Crippen MR) is 111 cm³/mol. The highest BCUT2D eigenvalue weighted by Gasteiger charge is 2.24. The van der Waals surface area contributed by atoms with E-state index >= 15 is 0 Å². The van der Waals surface area contributed by atoms with Crippen molar-refractivity contribution >= 4 is 29.9 Å². The molecule has 0 aliphatic carbocycles. The van der Waals surface area contributed by atoms with E-state index < -0.39 is 0 Å². The highest BCUT2D eigenvalue weighted by Crippen LogP contribution is 2.16. The maximum Gasteiger partial charge on any atom is 0.193 e. The van der Waals surface area contributed by atoms with Crippen molar-refractivity contribution in [3.05, 3.63) is 0 Å². The van der Waals surface area contributed by atoms with Gasteiger partial charge >= 0.3 is 0 Å². The van der Waals surface area contributed by atoms with Crippen LogP contribution in [0.15, 0.2) is 4.99 Å². The molecule has 0 aromatic heterocycles. The predicted octanol–water partition coefficient (Wildman–Crippen LogP) is 1.61. The second kappa shape index (κ2) is 17.3. The summed E-state index contributed by atoms with van der Waals surface area (Å²) in [5.74, 6) is 1.58. The molecule has 1 rings (SSSR count). The lowest BCUT2D eigenvalue weighted by Crippen LogP contribution is -2.40. The molecule has 0 spiro atoms. The maximum absolute atomic E-state index is 5.65. The fourth-order valence-corrected chi connectivity index (χ4v) is 2.58. The van der Waals surface area contributed by atoms with Crippen molar-refractivity contribution < 1.29 is 18.9 Å². The first-order valence-electron chi connectivity index (χ1n) is 8.98. The van der Waals surface area contributed by atoms with Gasteiger partial charge in [-0.2, -0.15) is 0 Å². The van der Waals surface area contributed by atoms with E-state index in [0.717, 1.165) is 58.2 Å². The Labute approximate surface area is 169 Å². The molecule has 8 heteroatoms. The van der Waals surface area contributed by atoms with Gasteiger partial charge in [0.1, 0.15) is 0 Å². The van der Waals surface area contributed by atoms with Crippen molar-refractivity contribution in [1.29, 1.82) is 0 Å². The van der Waals surface area contributed by atoms with Gasteiger partial charge in [-0.25, -0.2) is 0 Å². The van der Waals surface area contributed by atoms with Gasteiger partial charge in [0.15, 0.2) is 5.96 Å². The van der Waals surface area contributed by atoms with E-state index in [1.807, 2.05) is 0 Å². The van der Waals surface area contributed by atoms with Gasteiger partial charge in [-0.05, 0) is 19.8 Å². The summed E-state index contributed by atoms with van der Waals surface area (Å²) < 4.78 is 21.1. The van der Waals surface area contributed by atoms with E-state index in [9.17, 15) is 0 Å². The first-order chi connectivity index (χ1) is 11.8. The summed E-state index contributed by atoms with van der Waals surface area (Å²) in [6.07, 6.45) is 2.08. The van der Waals surface area contributed by atoms with Gasteiger partial charge in [0.2, 0.25) is 0 Å². The molecule has 25 heavy (non-hydrogen) atoms. The SMILES string of the molecule is CCNC(=NCCCOCCOC)N1CCC(COCCOC)C1.I. The molecule has 1 N–H and O–H groups in total. The number of likely N-dealkylation sites (tertiary alicyclic amines) is 1. The van der Waals surface area contributed by atoms with Crippen LogP contribution in [0.3, 0.4) is 0 Å². The fraction of sp³-hybridized carbons (Fsp3) is 0.941. The van der Waals surface area contributed by atoms with E-state index in [4.69, 9.17) is 23.9 Å². The molecule has 1 aliphatic rings. The Morgan fingerprint density at radius 2 is 1.80 bits per heavy atom. The van der Waals surface area contributed by atoms with Crippen LogP contribution in [0.25, 0.3) is 0 Å². The van der Waals surface area contributed by atoms with E-state index in [0.29, 0.717) is 32.3 Å². The molecule has 150 valence electrons. The zero-order valence-electron chi connectivity index (χ0n) is 16.0. The van der Waals surface area contributed by atoms with E-state index in [-0.39, 0.29) is 24.0 Å². The number of methoxy groups -OCH3 is 2. The van der Waals surface area contributed by atoms with Gasteiger partial charge in [0.25, 0.3) is 0 Å². The van der Waals surface area contributed by atoms with Crippen LogP contribution in [0.4, 0.5) is 0 Å². The molecular weight excluding hydrogens is 437 g/mol. The molecular formula is C17H36IN3O4. The van der Waals surface area contributed by atoms with Gasteiger partial charge in [-0.1, -0.05) is 0 Å². The van der Waals surface area contributed by atoms with Crippen molar-refractivity contribution in [1.82, 2.24) is 10.2 Å². The highest BCUT2D eigenvalue weighted by atomic mass is 127. The molecule has 1 saturated heterocycles. The van der Waals surface area contributed by atoms with Crippen molar-refractivity contribution in [2.24, 2.45) is 10.9 Å².